The Labute approximate surface area is 118 Å². The number of benzene rings is 1. The van der Waals surface area contributed by atoms with E-state index in [2.05, 4.69) is 11.9 Å². The number of carboxylic acid groups (broad SMARTS) is 1. The van der Waals surface area contributed by atoms with Crippen molar-refractivity contribution < 1.29 is 9.90 Å². The number of carbonyl (C=O) groups excluding carboxylic acids is 1. The van der Waals surface area contributed by atoms with Gasteiger partial charge in [0.05, 0.1) is 11.5 Å². The van der Waals surface area contributed by atoms with Gasteiger partial charge in [-0.3, -0.25) is 4.98 Å². The van der Waals surface area contributed by atoms with Gasteiger partial charge in [0.1, 0.15) is 0 Å². The summed E-state index contributed by atoms with van der Waals surface area (Å²) in [6.07, 6.45) is 5.11. The number of carbonyl (C=O) groups is 1. The fourth-order valence-electron chi connectivity index (χ4n) is 3.35. The average molecular weight is 268 g/mol. The maximum Gasteiger partial charge on any atom is 0.0725 e. The van der Waals surface area contributed by atoms with Crippen LogP contribution in [0.4, 0.5) is 0 Å². The summed E-state index contributed by atoms with van der Waals surface area (Å²) in [6.45, 7) is 2.17. The van der Waals surface area contributed by atoms with Gasteiger partial charge in [-0.25, -0.2) is 0 Å². The number of carboxylic acids is 1. The van der Waals surface area contributed by atoms with Crippen molar-refractivity contribution in [3.8, 4) is 0 Å². The van der Waals surface area contributed by atoms with Gasteiger partial charge in [0.15, 0.2) is 0 Å². The summed E-state index contributed by atoms with van der Waals surface area (Å²) in [6, 6.07) is 7.45. The molecule has 3 rings (SSSR count). The van der Waals surface area contributed by atoms with Crippen LogP contribution in [0.5, 0.6) is 0 Å². The summed E-state index contributed by atoms with van der Waals surface area (Å²) in [4.78, 5) is 16.3. The lowest BCUT2D eigenvalue weighted by atomic mass is 9.81. The molecule has 0 fully saturated rings. The molecule has 1 heterocycles. The second-order valence-electron chi connectivity index (χ2n) is 5.61. The van der Waals surface area contributed by atoms with Crippen LogP contribution in [0, 0.1) is 5.92 Å². The molecule has 104 valence electrons. The Morgan fingerprint density at radius 1 is 1.40 bits per heavy atom. The molecular formula is C17H18NO2-. The molecule has 1 aromatic carbocycles. The highest BCUT2D eigenvalue weighted by molar-refractivity contribution is 6.03. The minimum atomic E-state index is -1.07. The van der Waals surface area contributed by atoms with Crippen molar-refractivity contribution in [2.75, 3.05) is 0 Å². The van der Waals surface area contributed by atoms with E-state index in [-0.39, 0.29) is 0 Å². The number of aromatic carboxylic acids is 1. The molecule has 0 radical (unpaired) electrons. The minimum absolute atomic E-state index is 0.367. The van der Waals surface area contributed by atoms with E-state index in [1.807, 2.05) is 24.3 Å². The molecule has 0 amide bonds. The predicted octanol–water partition coefficient (Wildman–Crippen LogP) is 2.50. The van der Waals surface area contributed by atoms with Crippen molar-refractivity contribution >= 4 is 16.9 Å². The van der Waals surface area contributed by atoms with Crippen LogP contribution < -0.4 is 5.11 Å². The highest BCUT2D eigenvalue weighted by Crippen LogP contribution is 2.32. The molecule has 3 nitrogen and oxygen atoms in total. The maximum atomic E-state index is 11.6. The first kappa shape index (κ1) is 13.1. The third kappa shape index (κ3) is 2.17. The van der Waals surface area contributed by atoms with Gasteiger partial charge in [0, 0.05) is 16.6 Å². The van der Waals surface area contributed by atoms with Crippen LogP contribution in [0.1, 0.15) is 47.8 Å². The topological polar surface area (TPSA) is 53.0 Å². The van der Waals surface area contributed by atoms with E-state index in [9.17, 15) is 9.90 Å². The van der Waals surface area contributed by atoms with Gasteiger partial charge in [0.25, 0.3) is 0 Å². The Bertz CT molecular complexity index is 663. The van der Waals surface area contributed by atoms with E-state index in [4.69, 9.17) is 0 Å². The smallest absolute Gasteiger partial charge is 0.0725 e. The summed E-state index contributed by atoms with van der Waals surface area (Å²) < 4.78 is 0. The molecule has 0 unspecified atom stereocenters. The lowest BCUT2D eigenvalue weighted by molar-refractivity contribution is -0.254. The Balaban J connectivity index is 2.18. The quantitative estimate of drug-likeness (QED) is 0.859. The molecule has 0 saturated carbocycles. The van der Waals surface area contributed by atoms with Crippen LogP contribution in [-0.2, 0) is 12.8 Å². The van der Waals surface area contributed by atoms with Crippen molar-refractivity contribution in [2.45, 2.75) is 39.0 Å². The zero-order valence-corrected chi connectivity index (χ0v) is 11.7. The lowest BCUT2D eigenvalue weighted by Crippen LogP contribution is -2.27. The minimum Gasteiger partial charge on any atom is -0.545 e. The van der Waals surface area contributed by atoms with Crippen LogP contribution in [0.15, 0.2) is 24.3 Å². The molecule has 2 aromatic rings. The lowest BCUT2D eigenvalue weighted by Gasteiger charge is -2.27. The number of hydrogen-bond donors (Lipinski definition) is 0. The van der Waals surface area contributed by atoms with Gasteiger partial charge in [-0.15, -0.1) is 0 Å². The summed E-state index contributed by atoms with van der Waals surface area (Å²) >= 11 is 0. The fraction of sp³-hybridized carbons (Fsp3) is 0.412. The summed E-state index contributed by atoms with van der Waals surface area (Å²) in [5.74, 6) is -0.495. The van der Waals surface area contributed by atoms with E-state index < -0.39 is 5.97 Å². The molecule has 0 bridgehead atoms. The number of aryl methyl sites for hydroxylation is 1. The molecule has 3 heteroatoms. The Morgan fingerprint density at radius 2 is 2.20 bits per heavy atom. The number of hydrogen-bond acceptors (Lipinski definition) is 3. The van der Waals surface area contributed by atoms with Crippen LogP contribution in [0.3, 0.4) is 0 Å². The Morgan fingerprint density at radius 3 is 2.95 bits per heavy atom. The summed E-state index contributed by atoms with van der Waals surface area (Å²) in [5.41, 5.74) is 2.99. The molecule has 1 aromatic heterocycles. The zero-order chi connectivity index (χ0) is 14.1. The van der Waals surface area contributed by atoms with Crippen molar-refractivity contribution in [2.24, 2.45) is 5.92 Å². The van der Waals surface area contributed by atoms with Gasteiger partial charge in [-0.2, -0.15) is 0 Å². The highest BCUT2D eigenvalue weighted by Gasteiger charge is 2.23. The number of nitrogens with zero attached hydrogens (tertiary/aromatic N) is 1. The predicted molar refractivity (Wildman–Crippen MR) is 76.5 cm³/mol. The molecule has 0 spiro atoms. The first-order valence-electron chi connectivity index (χ1n) is 7.32. The molecule has 1 aliphatic rings. The van der Waals surface area contributed by atoms with Crippen LogP contribution in [0.25, 0.3) is 10.9 Å². The zero-order valence-electron chi connectivity index (χ0n) is 11.7. The van der Waals surface area contributed by atoms with E-state index in [0.29, 0.717) is 16.9 Å². The normalized spacial score (nSPS) is 17.9. The third-order valence-corrected chi connectivity index (χ3v) is 4.26. The molecule has 0 saturated heterocycles. The molecule has 20 heavy (non-hydrogen) atoms. The van der Waals surface area contributed by atoms with Gasteiger partial charge >= 0.3 is 0 Å². The Hall–Kier alpha value is -1.90. The first-order chi connectivity index (χ1) is 9.70. The van der Waals surface area contributed by atoms with E-state index in [0.717, 1.165) is 48.9 Å². The Kier molecular flexibility index (Phi) is 3.43. The second-order valence-corrected chi connectivity index (χ2v) is 5.61. The standard InChI is InChI=1S/C17H19NO2/c1-2-5-11-8-9-15-13(10-11)16(17(19)20)12-6-3-4-7-14(12)18-15/h3-4,6-7,11H,2,5,8-10H2,1H3,(H,19,20)/p-1/t11-/m1/s1. The number of para-hydroxylation sites is 1. The fourth-order valence-corrected chi connectivity index (χ4v) is 3.35. The van der Waals surface area contributed by atoms with Crippen LogP contribution >= 0.6 is 0 Å². The van der Waals surface area contributed by atoms with Gasteiger partial charge < -0.3 is 9.90 Å². The number of pyridine rings is 1. The van der Waals surface area contributed by atoms with Gasteiger partial charge in [-0.05, 0) is 36.8 Å². The van der Waals surface area contributed by atoms with Crippen molar-refractivity contribution in [1.29, 1.82) is 0 Å². The molecule has 0 aliphatic heterocycles. The SMILES string of the molecule is CCC[C@@H]1CCc2nc3ccccc3c(C(=O)[O-])c2C1. The largest absolute Gasteiger partial charge is 0.545 e. The average Bonchev–Trinajstić information content (AvgIpc) is 2.44. The number of aromatic nitrogens is 1. The third-order valence-electron chi connectivity index (χ3n) is 4.26. The molecule has 1 aliphatic carbocycles. The van der Waals surface area contributed by atoms with Crippen molar-refractivity contribution in [3.05, 3.63) is 41.1 Å². The monoisotopic (exact) mass is 268 g/mol. The second kappa shape index (κ2) is 5.23. The molecule has 1 atom stereocenters. The number of rotatable bonds is 3. The van der Waals surface area contributed by atoms with Gasteiger partial charge in [-0.1, -0.05) is 38.0 Å². The van der Waals surface area contributed by atoms with E-state index in [1.165, 1.54) is 0 Å². The van der Waals surface area contributed by atoms with Crippen LogP contribution in [0.2, 0.25) is 0 Å². The summed E-state index contributed by atoms with van der Waals surface area (Å²) in [5, 5.41) is 12.3. The summed E-state index contributed by atoms with van der Waals surface area (Å²) in [7, 11) is 0. The number of fused-ring (bicyclic) bond motifs is 2. The molecule has 0 N–H and O–H groups in total. The highest BCUT2D eigenvalue weighted by atomic mass is 16.4. The van der Waals surface area contributed by atoms with Crippen LogP contribution in [-0.4, -0.2) is 11.0 Å². The molecular weight excluding hydrogens is 250 g/mol. The van der Waals surface area contributed by atoms with Crippen molar-refractivity contribution in [3.63, 3.8) is 0 Å². The van der Waals surface area contributed by atoms with Gasteiger partial charge in [0.2, 0.25) is 0 Å². The maximum absolute atomic E-state index is 11.6. The van der Waals surface area contributed by atoms with E-state index >= 15 is 0 Å². The first-order valence-corrected chi connectivity index (χ1v) is 7.32. The van der Waals surface area contributed by atoms with Crippen molar-refractivity contribution in [1.82, 2.24) is 4.98 Å². The van der Waals surface area contributed by atoms with E-state index in [1.54, 1.807) is 0 Å².